The maximum absolute atomic E-state index is 12.8. The van der Waals surface area contributed by atoms with E-state index in [-0.39, 0.29) is 11.9 Å². The van der Waals surface area contributed by atoms with Crippen LogP contribution in [0.1, 0.15) is 61.5 Å². The van der Waals surface area contributed by atoms with Crippen molar-refractivity contribution in [1.29, 1.82) is 0 Å². The second-order valence-corrected chi connectivity index (χ2v) is 6.21. The highest BCUT2D eigenvalue weighted by atomic mass is 16.2. The number of fused-ring (bicyclic) bond motifs is 1. The molecule has 1 aliphatic heterocycles. The Bertz CT molecular complexity index is 482. The van der Waals surface area contributed by atoms with E-state index in [1.54, 1.807) is 0 Å². The third-order valence-corrected chi connectivity index (χ3v) is 4.23. The molecule has 116 valence electrons. The predicted octanol–water partition coefficient (Wildman–Crippen LogP) is 3.37. The lowest BCUT2D eigenvalue weighted by molar-refractivity contribution is 0.0702. The average molecular weight is 288 g/mol. The third-order valence-electron chi connectivity index (χ3n) is 4.23. The van der Waals surface area contributed by atoms with E-state index < -0.39 is 0 Å². The Morgan fingerprint density at radius 2 is 2.10 bits per heavy atom. The second-order valence-electron chi connectivity index (χ2n) is 6.21. The van der Waals surface area contributed by atoms with Gasteiger partial charge in [-0.15, -0.1) is 0 Å². The average Bonchev–Trinajstić information content (AvgIpc) is 2.50. The molecule has 2 rings (SSSR count). The van der Waals surface area contributed by atoms with Crippen molar-refractivity contribution in [2.24, 2.45) is 0 Å². The van der Waals surface area contributed by atoms with Gasteiger partial charge in [0.05, 0.1) is 0 Å². The fourth-order valence-corrected chi connectivity index (χ4v) is 2.91. The van der Waals surface area contributed by atoms with Crippen LogP contribution in [0.15, 0.2) is 18.2 Å². The minimum absolute atomic E-state index is 0.175. The highest BCUT2D eigenvalue weighted by Crippen LogP contribution is 2.18. The summed E-state index contributed by atoms with van der Waals surface area (Å²) in [5, 5.41) is 3.38. The normalized spacial score (nSPS) is 14.1. The number of carbonyl (C=O) groups is 1. The summed E-state index contributed by atoms with van der Waals surface area (Å²) >= 11 is 0. The van der Waals surface area contributed by atoms with Gasteiger partial charge in [-0.2, -0.15) is 0 Å². The fraction of sp³-hybridized carbons (Fsp3) is 0.611. The molecule has 0 aliphatic carbocycles. The van der Waals surface area contributed by atoms with Gasteiger partial charge in [0.15, 0.2) is 0 Å². The standard InChI is InChI=1S/C18H28N2O/c1-4-5-6-11-20(14(2)3)18(21)16-8-7-15-9-10-19-13-17(15)12-16/h7-8,12,14,19H,4-6,9-11,13H2,1-3H3. The number of nitrogens with one attached hydrogen (secondary N) is 1. The Kier molecular flexibility index (Phi) is 5.80. The van der Waals surface area contributed by atoms with Crippen molar-refractivity contribution in [1.82, 2.24) is 10.2 Å². The molecule has 0 bridgehead atoms. The van der Waals surface area contributed by atoms with E-state index in [1.165, 1.54) is 24.0 Å². The van der Waals surface area contributed by atoms with Crippen molar-refractivity contribution in [3.63, 3.8) is 0 Å². The molecule has 1 aromatic rings. The molecular formula is C18H28N2O. The summed E-state index contributed by atoms with van der Waals surface area (Å²) in [5.41, 5.74) is 3.50. The van der Waals surface area contributed by atoms with Crippen LogP contribution in [0.3, 0.4) is 0 Å². The van der Waals surface area contributed by atoms with Crippen molar-refractivity contribution in [3.05, 3.63) is 34.9 Å². The third kappa shape index (κ3) is 4.07. The Labute approximate surface area is 128 Å². The molecule has 0 saturated carbocycles. The molecule has 0 unspecified atom stereocenters. The quantitative estimate of drug-likeness (QED) is 0.814. The number of unbranched alkanes of at least 4 members (excludes halogenated alkanes) is 2. The molecule has 0 saturated heterocycles. The van der Waals surface area contributed by atoms with Gasteiger partial charge in [0.2, 0.25) is 0 Å². The van der Waals surface area contributed by atoms with Gasteiger partial charge < -0.3 is 10.2 Å². The zero-order valence-electron chi connectivity index (χ0n) is 13.6. The minimum atomic E-state index is 0.175. The van der Waals surface area contributed by atoms with Gasteiger partial charge >= 0.3 is 0 Å². The number of rotatable bonds is 6. The van der Waals surface area contributed by atoms with Gasteiger partial charge in [-0.05, 0) is 56.5 Å². The van der Waals surface area contributed by atoms with Crippen LogP contribution >= 0.6 is 0 Å². The maximum Gasteiger partial charge on any atom is 0.254 e. The SMILES string of the molecule is CCCCCN(C(=O)c1ccc2c(c1)CNCC2)C(C)C. The van der Waals surface area contributed by atoms with Crippen LogP contribution in [-0.2, 0) is 13.0 Å². The molecule has 21 heavy (non-hydrogen) atoms. The molecule has 0 spiro atoms. The monoisotopic (exact) mass is 288 g/mol. The first kappa shape index (κ1) is 16.0. The van der Waals surface area contributed by atoms with Crippen molar-refractivity contribution >= 4 is 5.91 Å². The van der Waals surface area contributed by atoms with Crippen molar-refractivity contribution in [2.45, 2.75) is 59.0 Å². The molecule has 1 aromatic carbocycles. The number of carbonyl (C=O) groups excluding carboxylic acids is 1. The number of amides is 1. The largest absolute Gasteiger partial charge is 0.336 e. The summed E-state index contributed by atoms with van der Waals surface area (Å²) < 4.78 is 0. The van der Waals surface area contributed by atoms with E-state index in [4.69, 9.17) is 0 Å². The molecule has 1 amide bonds. The summed E-state index contributed by atoms with van der Waals surface area (Å²) in [4.78, 5) is 14.8. The highest BCUT2D eigenvalue weighted by molar-refractivity contribution is 5.94. The Balaban J connectivity index is 2.12. The van der Waals surface area contributed by atoms with Crippen LogP contribution in [0.4, 0.5) is 0 Å². The van der Waals surface area contributed by atoms with Crippen LogP contribution in [0.5, 0.6) is 0 Å². The lowest BCUT2D eigenvalue weighted by atomic mass is 9.98. The van der Waals surface area contributed by atoms with Gasteiger partial charge in [0, 0.05) is 24.7 Å². The topological polar surface area (TPSA) is 32.3 Å². The highest BCUT2D eigenvalue weighted by Gasteiger charge is 2.19. The van der Waals surface area contributed by atoms with Crippen LogP contribution in [0.25, 0.3) is 0 Å². The van der Waals surface area contributed by atoms with Crippen LogP contribution in [0.2, 0.25) is 0 Å². The minimum Gasteiger partial charge on any atom is -0.336 e. The first-order valence-corrected chi connectivity index (χ1v) is 8.27. The molecule has 3 heteroatoms. The van der Waals surface area contributed by atoms with E-state index in [1.807, 2.05) is 11.0 Å². The van der Waals surface area contributed by atoms with Gasteiger partial charge in [-0.25, -0.2) is 0 Å². The van der Waals surface area contributed by atoms with Crippen LogP contribution in [0, 0.1) is 0 Å². The lowest BCUT2D eigenvalue weighted by Crippen LogP contribution is -2.38. The molecule has 1 aliphatic rings. The Morgan fingerprint density at radius 3 is 2.81 bits per heavy atom. The van der Waals surface area contributed by atoms with Crippen molar-refractivity contribution in [2.75, 3.05) is 13.1 Å². The molecular weight excluding hydrogens is 260 g/mol. The summed E-state index contributed by atoms with van der Waals surface area (Å²) in [6.45, 7) is 9.18. The zero-order chi connectivity index (χ0) is 15.2. The smallest absolute Gasteiger partial charge is 0.254 e. The van der Waals surface area contributed by atoms with Crippen molar-refractivity contribution in [3.8, 4) is 0 Å². The van der Waals surface area contributed by atoms with E-state index in [2.05, 4.69) is 38.2 Å². The molecule has 1 heterocycles. The van der Waals surface area contributed by atoms with E-state index in [0.717, 1.165) is 38.0 Å². The van der Waals surface area contributed by atoms with E-state index >= 15 is 0 Å². The summed E-state index contributed by atoms with van der Waals surface area (Å²) in [7, 11) is 0. The van der Waals surface area contributed by atoms with Crippen molar-refractivity contribution < 1.29 is 4.79 Å². The summed E-state index contributed by atoms with van der Waals surface area (Å²) in [6, 6.07) is 6.47. The van der Waals surface area contributed by atoms with Crippen LogP contribution in [-0.4, -0.2) is 29.9 Å². The van der Waals surface area contributed by atoms with Gasteiger partial charge in [-0.1, -0.05) is 25.8 Å². The number of nitrogens with zero attached hydrogens (tertiary/aromatic N) is 1. The second kappa shape index (κ2) is 7.60. The first-order valence-electron chi connectivity index (χ1n) is 8.27. The Hall–Kier alpha value is -1.35. The van der Waals surface area contributed by atoms with Crippen LogP contribution < -0.4 is 5.32 Å². The first-order chi connectivity index (χ1) is 10.1. The molecule has 3 nitrogen and oxygen atoms in total. The summed E-state index contributed by atoms with van der Waals surface area (Å²) in [5.74, 6) is 0.175. The number of benzene rings is 1. The van der Waals surface area contributed by atoms with E-state index in [9.17, 15) is 4.79 Å². The number of hydrogen-bond donors (Lipinski definition) is 1. The summed E-state index contributed by atoms with van der Waals surface area (Å²) in [6.07, 6.45) is 4.52. The molecule has 0 fully saturated rings. The molecule has 0 radical (unpaired) electrons. The van der Waals surface area contributed by atoms with Gasteiger partial charge in [-0.3, -0.25) is 4.79 Å². The van der Waals surface area contributed by atoms with E-state index in [0.29, 0.717) is 0 Å². The maximum atomic E-state index is 12.8. The van der Waals surface area contributed by atoms with Gasteiger partial charge in [0.1, 0.15) is 0 Å². The molecule has 1 N–H and O–H groups in total. The Morgan fingerprint density at radius 1 is 1.29 bits per heavy atom. The number of hydrogen-bond acceptors (Lipinski definition) is 2. The molecule has 0 aromatic heterocycles. The zero-order valence-corrected chi connectivity index (χ0v) is 13.6. The van der Waals surface area contributed by atoms with Gasteiger partial charge in [0.25, 0.3) is 5.91 Å². The fourth-order valence-electron chi connectivity index (χ4n) is 2.91. The lowest BCUT2D eigenvalue weighted by Gasteiger charge is -2.27. The predicted molar refractivity (Wildman–Crippen MR) is 87.6 cm³/mol. The molecule has 0 atom stereocenters.